The minimum atomic E-state index is -2.41. The zero-order chi connectivity index (χ0) is 25.2. The summed E-state index contributed by atoms with van der Waals surface area (Å²) < 4.78 is 18.3. The van der Waals surface area contributed by atoms with Gasteiger partial charge in [0.25, 0.3) is 0 Å². The third-order valence-electron chi connectivity index (χ3n) is 5.31. The number of aliphatic hydroxyl groups is 2. The summed E-state index contributed by atoms with van der Waals surface area (Å²) in [6.07, 6.45) is -2.96. The number of nitrogen functional groups attached to an aromatic ring is 1. The Bertz CT molecular complexity index is 1280. The number of nitriles is 1. The topological polar surface area (TPSA) is 196 Å². The molecule has 1 fully saturated rings. The van der Waals surface area contributed by atoms with Crippen LogP contribution in [0, 0.1) is 11.3 Å². The van der Waals surface area contributed by atoms with Crippen LogP contribution in [0.2, 0.25) is 0 Å². The average molecular weight is 501 g/mol. The zero-order valence-corrected chi connectivity index (χ0v) is 19.7. The summed E-state index contributed by atoms with van der Waals surface area (Å²) in [5.41, 5.74) is 7.18. The number of hydrogen-bond donors (Lipinski definition) is 4. The van der Waals surface area contributed by atoms with Crippen molar-refractivity contribution in [3.05, 3.63) is 48.4 Å². The van der Waals surface area contributed by atoms with Crippen molar-refractivity contribution in [2.75, 3.05) is 12.3 Å². The molecule has 184 valence electrons. The second-order valence-electron chi connectivity index (χ2n) is 8.07. The molecule has 0 amide bonds. The Hall–Kier alpha value is -3.37. The van der Waals surface area contributed by atoms with Crippen LogP contribution in [-0.2, 0) is 10.3 Å². The van der Waals surface area contributed by atoms with Crippen LogP contribution in [-0.4, -0.2) is 55.8 Å². The fraction of sp³-hybridized carbons (Fsp3) is 0.381. The number of para-hydroxylation sites is 2. The molecule has 0 aliphatic carbocycles. The molecule has 0 radical (unpaired) electrons. The molecule has 0 spiro atoms. The molecule has 1 aliphatic rings. The van der Waals surface area contributed by atoms with E-state index in [-0.39, 0.29) is 35.7 Å². The highest BCUT2D eigenvalue weighted by Crippen LogP contribution is 2.41. The van der Waals surface area contributed by atoms with Crippen molar-refractivity contribution in [2.24, 2.45) is 4.85 Å². The highest BCUT2D eigenvalue weighted by molar-refractivity contribution is 7.33. The quantitative estimate of drug-likeness (QED) is 0.246. The van der Waals surface area contributed by atoms with Gasteiger partial charge in [-0.15, -0.1) is 0 Å². The molecule has 3 aromatic rings. The number of nitrogens with two attached hydrogens (primary N) is 1. The maximum atomic E-state index is 12.1. The first-order chi connectivity index (χ1) is 16.8. The predicted octanol–water partition coefficient (Wildman–Crippen LogP) is 0.378. The number of fused-ring (bicyclic) bond motifs is 1. The summed E-state index contributed by atoms with van der Waals surface area (Å²) in [6.45, 7) is 3.43. The van der Waals surface area contributed by atoms with Gasteiger partial charge in [0.15, 0.2) is 11.6 Å². The summed E-state index contributed by atoms with van der Waals surface area (Å²) in [4.78, 5) is 19.7. The van der Waals surface area contributed by atoms with Gasteiger partial charge in [-0.05, 0) is 38.1 Å². The number of anilines is 1. The lowest BCUT2D eigenvalue weighted by atomic mass is 9.92. The Labute approximate surface area is 201 Å². The Kier molecular flexibility index (Phi) is 7.13. The molecule has 5 atom stereocenters. The molecular formula is C21H24N7O6P. The molecule has 35 heavy (non-hydrogen) atoms. The predicted molar refractivity (Wildman–Crippen MR) is 122 cm³/mol. The molecule has 3 heterocycles. The van der Waals surface area contributed by atoms with E-state index in [1.54, 1.807) is 30.3 Å². The van der Waals surface area contributed by atoms with Gasteiger partial charge < -0.3 is 30.3 Å². The molecule has 0 bridgehead atoms. The lowest BCUT2D eigenvalue weighted by Crippen LogP contribution is -2.41. The second-order valence-corrected chi connectivity index (χ2v) is 8.93. The summed E-state index contributed by atoms with van der Waals surface area (Å²) in [6, 6.07) is 11.5. The van der Waals surface area contributed by atoms with Gasteiger partial charge in [-0.25, -0.2) is 9.50 Å². The summed E-state index contributed by atoms with van der Waals surface area (Å²) in [5.74, 6) is 0.550. The second kappa shape index (κ2) is 10.1. The summed E-state index contributed by atoms with van der Waals surface area (Å²) in [5, 5.41) is 35.6. The van der Waals surface area contributed by atoms with Gasteiger partial charge in [0.05, 0.1) is 5.69 Å². The molecule has 5 N–H and O–H groups in total. The number of rotatable bonds is 8. The van der Waals surface area contributed by atoms with E-state index in [1.165, 1.54) is 16.9 Å². The van der Waals surface area contributed by atoms with E-state index < -0.39 is 32.1 Å². The van der Waals surface area contributed by atoms with Crippen LogP contribution in [0.25, 0.3) is 5.52 Å². The maximum Gasteiger partial charge on any atom is 0.412 e. The standard InChI is InChI=1S/C21H24N7O6P/c1-12(2)26-27-35(31)34-15-6-4-3-5-14(15)32-9-16-18(29)19(30)21(10-22,33-16)17-8-7-13-20(23)24-11-25-28(13)17/h3-8,11-12,16,18-19,26,29-30H,9H2,1-2H3,(H2,23,24,25)/t16-,18-,19-,21+/m1/s1. The van der Waals surface area contributed by atoms with Crippen LogP contribution >= 0.6 is 8.17 Å². The lowest BCUT2D eigenvalue weighted by Gasteiger charge is -2.24. The Balaban J connectivity index is 1.54. The Morgan fingerprint density at radius 2 is 2.09 bits per heavy atom. The largest absolute Gasteiger partial charge is 0.574 e. The molecule has 4 rings (SSSR count). The van der Waals surface area contributed by atoms with Crippen molar-refractivity contribution in [1.29, 1.82) is 5.26 Å². The third kappa shape index (κ3) is 4.76. The molecule has 1 aliphatic heterocycles. The van der Waals surface area contributed by atoms with Crippen LogP contribution in [0.1, 0.15) is 19.5 Å². The van der Waals surface area contributed by atoms with Gasteiger partial charge in [0, 0.05) is 10.9 Å². The van der Waals surface area contributed by atoms with Crippen LogP contribution in [0.15, 0.2) is 47.6 Å². The van der Waals surface area contributed by atoms with E-state index in [4.69, 9.17) is 19.7 Å². The number of aromatic nitrogens is 3. The smallest absolute Gasteiger partial charge is 0.412 e. The van der Waals surface area contributed by atoms with Crippen molar-refractivity contribution in [1.82, 2.24) is 20.0 Å². The summed E-state index contributed by atoms with van der Waals surface area (Å²) >= 11 is 0. The number of hydrogen-bond acceptors (Lipinski definition) is 11. The van der Waals surface area contributed by atoms with E-state index in [0.29, 0.717) is 5.52 Å². The molecule has 1 aromatic carbocycles. The third-order valence-corrected chi connectivity index (χ3v) is 5.94. The van der Waals surface area contributed by atoms with E-state index in [2.05, 4.69) is 20.4 Å². The van der Waals surface area contributed by atoms with Crippen molar-refractivity contribution in [3.8, 4) is 17.6 Å². The van der Waals surface area contributed by atoms with Crippen LogP contribution < -0.4 is 25.3 Å². The Morgan fingerprint density at radius 3 is 2.80 bits per heavy atom. The van der Waals surface area contributed by atoms with Gasteiger partial charge >= 0.3 is 8.17 Å². The van der Waals surface area contributed by atoms with Crippen molar-refractivity contribution in [2.45, 2.75) is 43.8 Å². The average Bonchev–Trinajstić information content (AvgIpc) is 3.38. The van der Waals surface area contributed by atoms with Crippen molar-refractivity contribution >= 4 is 19.5 Å². The number of benzene rings is 1. The van der Waals surface area contributed by atoms with Gasteiger partial charge in [-0.3, -0.25) is 4.52 Å². The van der Waals surface area contributed by atoms with Gasteiger partial charge in [0.1, 0.15) is 42.8 Å². The SMILES string of the molecule is CC(C)N/N=[P+](\[O-])Oc1ccccc1OC[C@H]1O[C@@](C#N)(c2ccc3c(N)ncnn23)[C@H](O)[C@@H]1O. The van der Waals surface area contributed by atoms with E-state index in [9.17, 15) is 20.4 Å². The fourth-order valence-corrected chi connectivity index (χ4v) is 4.32. The summed E-state index contributed by atoms with van der Waals surface area (Å²) in [7, 11) is -2.41. The molecule has 14 heteroatoms. The number of nitrogens with zero attached hydrogens (tertiary/aromatic N) is 5. The van der Waals surface area contributed by atoms with Gasteiger partial charge in [0.2, 0.25) is 11.4 Å². The van der Waals surface area contributed by atoms with Crippen LogP contribution in [0.5, 0.6) is 11.5 Å². The number of ether oxygens (including phenoxy) is 2. The van der Waals surface area contributed by atoms with Crippen LogP contribution in [0.3, 0.4) is 0 Å². The normalized spacial score (nSPS) is 24.6. The van der Waals surface area contributed by atoms with Crippen LogP contribution in [0.4, 0.5) is 5.82 Å². The molecule has 1 saturated heterocycles. The van der Waals surface area contributed by atoms with Crippen molar-refractivity contribution < 1.29 is 29.1 Å². The molecule has 2 aromatic heterocycles. The van der Waals surface area contributed by atoms with Crippen molar-refractivity contribution in [3.63, 3.8) is 0 Å². The first-order valence-corrected chi connectivity index (χ1v) is 11.8. The van der Waals surface area contributed by atoms with E-state index >= 15 is 0 Å². The van der Waals surface area contributed by atoms with Gasteiger partial charge in [-0.2, -0.15) is 15.8 Å². The maximum absolute atomic E-state index is 12.1. The number of nitrogens with one attached hydrogen (secondary N) is 1. The monoisotopic (exact) mass is 501 g/mol. The molecular weight excluding hydrogens is 477 g/mol. The first kappa shape index (κ1) is 24.7. The molecule has 0 saturated carbocycles. The van der Waals surface area contributed by atoms with Gasteiger partial charge in [-0.1, -0.05) is 12.1 Å². The fourth-order valence-electron chi connectivity index (χ4n) is 3.63. The Morgan fingerprint density at radius 1 is 1.34 bits per heavy atom. The minimum Gasteiger partial charge on any atom is -0.574 e. The zero-order valence-electron chi connectivity index (χ0n) is 18.8. The van der Waals surface area contributed by atoms with E-state index in [1.807, 2.05) is 19.9 Å². The molecule has 13 nitrogen and oxygen atoms in total. The van der Waals surface area contributed by atoms with E-state index in [0.717, 1.165) is 0 Å². The lowest BCUT2D eigenvalue weighted by molar-refractivity contribution is -0.169. The highest BCUT2D eigenvalue weighted by Gasteiger charge is 2.57. The first-order valence-electron chi connectivity index (χ1n) is 10.6. The minimum absolute atomic E-state index is 0.0162. The highest BCUT2D eigenvalue weighted by atomic mass is 31.1. The molecule has 1 unspecified atom stereocenters. The number of aliphatic hydroxyl groups excluding tert-OH is 2.